The molecule has 0 aromatic heterocycles. The molecule has 0 saturated heterocycles. The fourth-order valence-corrected chi connectivity index (χ4v) is 3.72. The van der Waals surface area contributed by atoms with E-state index in [2.05, 4.69) is 9.44 Å². The first kappa shape index (κ1) is 18.4. The van der Waals surface area contributed by atoms with Crippen LogP contribution in [-0.4, -0.2) is 38.0 Å². The molecule has 9 heteroatoms. The molecule has 24 heavy (non-hydrogen) atoms. The van der Waals surface area contributed by atoms with Gasteiger partial charge in [-0.3, -0.25) is 4.72 Å². The van der Waals surface area contributed by atoms with Crippen molar-refractivity contribution in [1.82, 2.24) is 4.72 Å². The number of rotatable bonds is 8. The molecule has 2 rings (SSSR count). The minimum Gasteiger partial charge on any atom is -0.497 e. The first-order valence-corrected chi connectivity index (χ1v) is 9.62. The number of benzene rings is 2. The molecule has 3 N–H and O–H groups in total. The van der Waals surface area contributed by atoms with Gasteiger partial charge in [0.2, 0.25) is 0 Å². The van der Waals surface area contributed by atoms with Crippen LogP contribution in [0.3, 0.4) is 0 Å². The van der Waals surface area contributed by atoms with E-state index in [0.717, 1.165) is 0 Å². The molecule has 0 aliphatic carbocycles. The van der Waals surface area contributed by atoms with Crippen LogP contribution in [0, 0.1) is 0 Å². The molecule has 0 saturated carbocycles. The Balaban J connectivity index is 2.10. The zero-order valence-corrected chi connectivity index (χ0v) is 14.6. The van der Waals surface area contributed by atoms with Crippen LogP contribution in [0.2, 0.25) is 0 Å². The summed E-state index contributed by atoms with van der Waals surface area (Å²) in [5.41, 5.74) is 0.355. The summed E-state index contributed by atoms with van der Waals surface area (Å²) in [6.45, 7) is 0.0872. The molecule has 7 nitrogen and oxygen atoms in total. The average molecular weight is 370 g/mol. The summed E-state index contributed by atoms with van der Waals surface area (Å²) in [6, 6.07) is 12.2. The van der Waals surface area contributed by atoms with Gasteiger partial charge in [0.15, 0.2) is 0 Å². The lowest BCUT2D eigenvalue weighted by Gasteiger charge is -2.09. The van der Waals surface area contributed by atoms with Crippen molar-refractivity contribution in [2.75, 3.05) is 25.0 Å². The van der Waals surface area contributed by atoms with Crippen molar-refractivity contribution in [1.29, 1.82) is 0 Å². The zero-order valence-electron chi connectivity index (χ0n) is 12.9. The van der Waals surface area contributed by atoms with E-state index in [4.69, 9.17) is 9.84 Å². The number of aliphatic hydroxyl groups excluding tert-OH is 1. The SMILES string of the molecule is COc1ccc(S(=O)(=O)Nc2ccc(S(=O)NCCO)cc2)cc1. The van der Waals surface area contributed by atoms with Crippen LogP contribution in [0.5, 0.6) is 5.75 Å². The van der Waals surface area contributed by atoms with Crippen molar-refractivity contribution < 1.29 is 22.5 Å². The average Bonchev–Trinajstić information content (AvgIpc) is 2.60. The van der Waals surface area contributed by atoms with Crippen molar-refractivity contribution in [3.8, 4) is 5.75 Å². The summed E-state index contributed by atoms with van der Waals surface area (Å²) >= 11 is 0. The van der Waals surface area contributed by atoms with Gasteiger partial charge < -0.3 is 9.84 Å². The Hall–Kier alpha value is -1.94. The number of ether oxygens (including phenoxy) is 1. The van der Waals surface area contributed by atoms with Crippen molar-refractivity contribution >= 4 is 26.7 Å². The van der Waals surface area contributed by atoms with Gasteiger partial charge in [-0.15, -0.1) is 0 Å². The molecule has 130 valence electrons. The maximum atomic E-state index is 12.3. The van der Waals surface area contributed by atoms with Crippen LogP contribution >= 0.6 is 0 Å². The summed E-state index contributed by atoms with van der Waals surface area (Å²) in [6.07, 6.45) is 0. The lowest BCUT2D eigenvalue weighted by molar-refractivity contribution is 0.302. The Kier molecular flexibility index (Phi) is 6.32. The molecule has 0 amide bonds. The molecule has 1 unspecified atom stereocenters. The first-order chi connectivity index (χ1) is 11.5. The molecule has 0 spiro atoms. The lowest BCUT2D eigenvalue weighted by atomic mass is 10.3. The maximum Gasteiger partial charge on any atom is 0.261 e. The van der Waals surface area contributed by atoms with Gasteiger partial charge in [0.25, 0.3) is 10.0 Å². The zero-order chi connectivity index (χ0) is 17.6. The van der Waals surface area contributed by atoms with Crippen LogP contribution in [-0.2, 0) is 21.0 Å². The van der Waals surface area contributed by atoms with Gasteiger partial charge in [0.1, 0.15) is 16.7 Å². The Morgan fingerprint density at radius 2 is 1.71 bits per heavy atom. The van der Waals surface area contributed by atoms with Crippen LogP contribution in [0.25, 0.3) is 0 Å². The highest BCUT2D eigenvalue weighted by Crippen LogP contribution is 2.20. The molecular weight excluding hydrogens is 352 g/mol. The normalized spacial score (nSPS) is 12.6. The number of sulfonamides is 1. The van der Waals surface area contributed by atoms with E-state index in [-0.39, 0.29) is 18.0 Å². The van der Waals surface area contributed by atoms with Gasteiger partial charge in [-0.1, -0.05) is 0 Å². The first-order valence-electron chi connectivity index (χ1n) is 6.99. The van der Waals surface area contributed by atoms with Gasteiger partial charge >= 0.3 is 0 Å². The highest BCUT2D eigenvalue weighted by atomic mass is 32.2. The molecule has 0 aliphatic rings. The molecule has 0 heterocycles. The number of nitrogens with one attached hydrogen (secondary N) is 2. The molecule has 0 fully saturated rings. The minimum absolute atomic E-state index is 0.112. The second-order valence-corrected chi connectivity index (χ2v) is 7.67. The van der Waals surface area contributed by atoms with Crippen molar-refractivity contribution in [2.24, 2.45) is 0 Å². The van der Waals surface area contributed by atoms with E-state index in [1.165, 1.54) is 31.4 Å². The van der Waals surface area contributed by atoms with E-state index >= 15 is 0 Å². The number of hydrogen-bond donors (Lipinski definition) is 3. The summed E-state index contributed by atoms with van der Waals surface area (Å²) in [4.78, 5) is 0.594. The second kappa shape index (κ2) is 8.25. The van der Waals surface area contributed by atoms with E-state index < -0.39 is 21.0 Å². The fraction of sp³-hybridized carbons (Fsp3) is 0.200. The molecular formula is C15H18N2O5S2. The number of hydrogen-bond acceptors (Lipinski definition) is 5. The molecule has 1 atom stereocenters. The van der Waals surface area contributed by atoms with Crippen molar-refractivity contribution in [3.63, 3.8) is 0 Å². The third-order valence-electron chi connectivity index (χ3n) is 3.04. The summed E-state index contributed by atoms with van der Waals surface area (Å²) in [5.74, 6) is 0.566. The number of methoxy groups -OCH3 is 1. The van der Waals surface area contributed by atoms with E-state index in [9.17, 15) is 12.6 Å². The topological polar surface area (TPSA) is 105 Å². The van der Waals surface area contributed by atoms with E-state index in [1.54, 1.807) is 24.3 Å². The van der Waals surface area contributed by atoms with Crippen LogP contribution in [0.1, 0.15) is 0 Å². The number of anilines is 1. The van der Waals surface area contributed by atoms with E-state index in [1.807, 2.05) is 0 Å². The predicted molar refractivity (Wildman–Crippen MR) is 91.7 cm³/mol. The molecule has 0 aliphatic heterocycles. The van der Waals surface area contributed by atoms with Crippen LogP contribution in [0.15, 0.2) is 58.3 Å². The largest absolute Gasteiger partial charge is 0.497 e. The lowest BCUT2D eigenvalue weighted by Crippen LogP contribution is -2.21. The standard InChI is InChI=1S/C15H18N2O5S2/c1-22-13-4-8-15(9-5-13)24(20,21)17-12-2-6-14(7-3-12)23(19)16-10-11-18/h2-9,16-18H,10-11H2,1H3. The molecule has 0 bridgehead atoms. The maximum absolute atomic E-state index is 12.3. The fourth-order valence-electron chi connectivity index (χ4n) is 1.84. The quantitative estimate of drug-likeness (QED) is 0.645. The highest BCUT2D eigenvalue weighted by molar-refractivity contribution is 7.92. The Morgan fingerprint density at radius 1 is 1.08 bits per heavy atom. The molecule has 2 aromatic rings. The Labute approximate surface area is 143 Å². The van der Waals surface area contributed by atoms with Gasteiger partial charge in [-0.2, -0.15) is 0 Å². The number of aliphatic hydroxyl groups is 1. The third kappa shape index (κ3) is 4.78. The summed E-state index contributed by atoms with van der Waals surface area (Å²) < 4.78 is 46.5. The van der Waals surface area contributed by atoms with Crippen LogP contribution < -0.4 is 14.2 Å². The summed E-state index contributed by atoms with van der Waals surface area (Å²) in [5, 5.41) is 8.69. The smallest absolute Gasteiger partial charge is 0.261 e. The monoisotopic (exact) mass is 370 g/mol. The minimum atomic E-state index is -3.72. The van der Waals surface area contributed by atoms with Crippen molar-refractivity contribution in [3.05, 3.63) is 48.5 Å². The Morgan fingerprint density at radius 3 is 2.25 bits per heavy atom. The molecule has 2 aromatic carbocycles. The van der Waals surface area contributed by atoms with Gasteiger partial charge in [0.05, 0.1) is 23.5 Å². The Bertz CT molecular complexity index is 790. The van der Waals surface area contributed by atoms with Gasteiger partial charge in [0, 0.05) is 12.2 Å². The second-order valence-electron chi connectivity index (χ2n) is 4.69. The highest BCUT2D eigenvalue weighted by Gasteiger charge is 2.14. The molecule has 0 radical (unpaired) electrons. The summed E-state index contributed by atoms with van der Waals surface area (Å²) in [7, 11) is -3.67. The van der Waals surface area contributed by atoms with Gasteiger partial charge in [-0.05, 0) is 48.5 Å². The third-order valence-corrected chi connectivity index (χ3v) is 5.60. The van der Waals surface area contributed by atoms with Gasteiger partial charge in [-0.25, -0.2) is 17.3 Å². The van der Waals surface area contributed by atoms with Crippen LogP contribution in [0.4, 0.5) is 5.69 Å². The van der Waals surface area contributed by atoms with Crippen molar-refractivity contribution in [2.45, 2.75) is 9.79 Å². The predicted octanol–water partition coefficient (Wildman–Crippen LogP) is 1.10. The van der Waals surface area contributed by atoms with E-state index in [0.29, 0.717) is 16.3 Å².